The maximum atomic E-state index is 13.9. The number of amides is 2. The van der Waals surface area contributed by atoms with Crippen LogP contribution >= 0.6 is 0 Å². The lowest BCUT2D eigenvalue weighted by Gasteiger charge is -2.34. The minimum Gasteiger partial charge on any atom is -0.450 e. The van der Waals surface area contributed by atoms with Gasteiger partial charge < -0.3 is 19.0 Å². The van der Waals surface area contributed by atoms with Crippen LogP contribution in [0.1, 0.15) is 47.5 Å². The average Bonchev–Trinajstić information content (AvgIpc) is 3.17. The first kappa shape index (κ1) is 21.4. The number of hydrogen-bond acceptors (Lipinski definition) is 5. The summed E-state index contributed by atoms with van der Waals surface area (Å²) in [5.41, 5.74) is 0.744. The van der Waals surface area contributed by atoms with Crippen molar-refractivity contribution < 1.29 is 18.7 Å². The monoisotopic (exact) mass is 446 g/mol. The van der Waals surface area contributed by atoms with Gasteiger partial charge in [-0.15, -0.1) is 0 Å². The second kappa shape index (κ2) is 7.56. The van der Waals surface area contributed by atoms with Gasteiger partial charge in [-0.1, -0.05) is 29.8 Å². The van der Waals surface area contributed by atoms with Crippen LogP contribution in [0, 0.1) is 6.92 Å². The molecule has 2 aliphatic rings. The molecule has 0 bridgehead atoms. The Balaban J connectivity index is 1.77. The minimum absolute atomic E-state index is 0.0559. The Morgan fingerprint density at radius 3 is 2.61 bits per heavy atom. The smallest absolute Gasteiger partial charge is 0.291 e. The third-order valence-corrected chi connectivity index (χ3v) is 6.50. The van der Waals surface area contributed by atoms with Crippen LogP contribution in [0.15, 0.2) is 51.7 Å². The number of rotatable bonds is 5. The second-order valence-electron chi connectivity index (χ2n) is 8.96. The fourth-order valence-electron chi connectivity index (χ4n) is 5.05. The molecule has 1 atom stereocenters. The molecule has 33 heavy (non-hydrogen) atoms. The molecule has 0 aliphatic carbocycles. The van der Waals surface area contributed by atoms with Crippen LogP contribution in [-0.2, 0) is 15.1 Å². The molecule has 2 aromatic carbocycles. The zero-order valence-electron chi connectivity index (χ0n) is 19.2. The van der Waals surface area contributed by atoms with E-state index in [1.54, 1.807) is 19.2 Å². The van der Waals surface area contributed by atoms with Crippen molar-refractivity contribution in [1.29, 1.82) is 0 Å². The first-order chi connectivity index (χ1) is 15.8. The van der Waals surface area contributed by atoms with Gasteiger partial charge in [0, 0.05) is 31.5 Å². The van der Waals surface area contributed by atoms with Crippen LogP contribution in [0.3, 0.4) is 0 Å². The highest BCUT2D eigenvalue weighted by Gasteiger charge is 2.64. The molecule has 3 heterocycles. The number of anilines is 1. The molecule has 5 rings (SSSR count). The fourth-order valence-corrected chi connectivity index (χ4v) is 5.05. The minimum atomic E-state index is -1.55. The summed E-state index contributed by atoms with van der Waals surface area (Å²) < 4.78 is 11.7. The Morgan fingerprint density at radius 1 is 1.09 bits per heavy atom. The second-order valence-corrected chi connectivity index (χ2v) is 8.96. The van der Waals surface area contributed by atoms with E-state index in [2.05, 4.69) is 0 Å². The standard InChI is InChI=1S/C26H26N2O5/c1-15(2)32-13-7-12-28-24(30)23-21(22(29)17-14-16(3)10-11-20(17)33-23)26(28)18-8-5-6-9-19(18)27(4)25(26)31/h5-6,8-11,14-15H,7,12-13H2,1-4H3/t26-/m0/s1. The van der Waals surface area contributed by atoms with Crippen molar-refractivity contribution in [3.05, 3.63) is 75.1 Å². The largest absolute Gasteiger partial charge is 0.450 e. The summed E-state index contributed by atoms with van der Waals surface area (Å²) in [7, 11) is 1.67. The summed E-state index contributed by atoms with van der Waals surface area (Å²) in [6, 6.07) is 12.6. The van der Waals surface area contributed by atoms with Gasteiger partial charge in [-0.25, -0.2) is 0 Å². The first-order valence-electron chi connectivity index (χ1n) is 11.2. The third-order valence-electron chi connectivity index (χ3n) is 6.50. The van der Waals surface area contributed by atoms with Gasteiger partial charge in [0.15, 0.2) is 11.0 Å². The molecular weight excluding hydrogens is 420 g/mol. The number of likely N-dealkylation sites (N-methyl/N-ethyl adjacent to an activating group) is 1. The molecule has 1 spiro atoms. The van der Waals surface area contributed by atoms with E-state index >= 15 is 0 Å². The average molecular weight is 447 g/mol. The van der Waals surface area contributed by atoms with E-state index in [0.717, 1.165) is 5.56 Å². The van der Waals surface area contributed by atoms with E-state index in [9.17, 15) is 14.4 Å². The van der Waals surface area contributed by atoms with Crippen LogP contribution in [0.5, 0.6) is 0 Å². The lowest BCUT2D eigenvalue weighted by atomic mass is 9.84. The molecule has 0 saturated carbocycles. The van der Waals surface area contributed by atoms with Crippen LogP contribution in [0.4, 0.5) is 5.69 Å². The number of benzene rings is 2. The van der Waals surface area contributed by atoms with E-state index in [0.29, 0.717) is 35.2 Å². The molecule has 7 heteroatoms. The zero-order chi connectivity index (χ0) is 23.5. The lowest BCUT2D eigenvalue weighted by molar-refractivity contribution is -0.125. The van der Waals surface area contributed by atoms with Gasteiger partial charge in [-0.2, -0.15) is 0 Å². The number of ether oxygens (including phenoxy) is 1. The van der Waals surface area contributed by atoms with Crippen LogP contribution in [0.25, 0.3) is 11.0 Å². The van der Waals surface area contributed by atoms with Gasteiger partial charge in [0.1, 0.15) is 5.58 Å². The van der Waals surface area contributed by atoms with Gasteiger partial charge in [-0.05, 0) is 45.4 Å². The molecule has 3 aromatic rings. The molecule has 7 nitrogen and oxygen atoms in total. The molecule has 0 fully saturated rings. The molecule has 0 saturated heterocycles. The summed E-state index contributed by atoms with van der Waals surface area (Å²) in [5.74, 6) is -0.841. The predicted molar refractivity (Wildman–Crippen MR) is 125 cm³/mol. The number of carbonyl (C=O) groups excluding carboxylic acids is 2. The van der Waals surface area contributed by atoms with Gasteiger partial charge in [0.2, 0.25) is 5.76 Å². The Bertz CT molecular complexity index is 1360. The number of hydrogen-bond donors (Lipinski definition) is 0. The van der Waals surface area contributed by atoms with Crippen molar-refractivity contribution in [1.82, 2.24) is 4.90 Å². The number of aryl methyl sites for hydroxylation is 1. The molecule has 0 N–H and O–H groups in total. The molecule has 2 aliphatic heterocycles. The van der Waals surface area contributed by atoms with Gasteiger partial charge in [-0.3, -0.25) is 14.4 Å². The normalized spacial score (nSPS) is 19.3. The molecular formula is C26H26N2O5. The third kappa shape index (κ3) is 2.88. The number of para-hydroxylation sites is 1. The van der Waals surface area contributed by atoms with Crippen molar-refractivity contribution >= 4 is 28.5 Å². The van der Waals surface area contributed by atoms with Crippen molar-refractivity contribution in [2.24, 2.45) is 0 Å². The van der Waals surface area contributed by atoms with Crippen molar-refractivity contribution in [3.8, 4) is 0 Å². The van der Waals surface area contributed by atoms with Crippen molar-refractivity contribution in [2.45, 2.75) is 38.8 Å². The molecule has 170 valence electrons. The van der Waals surface area contributed by atoms with E-state index in [4.69, 9.17) is 9.15 Å². The lowest BCUT2D eigenvalue weighted by Crippen LogP contribution is -2.53. The molecule has 2 amide bonds. The molecule has 0 radical (unpaired) electrons. The van der Waals surface area contributed by atoms with Crippen LogP contribution < -0.4 is 10.3 Å². The van der Waals surface area contributed by atoms with Gasteiger partial charge >= 0.3 is 0 Å². The van der Waals surface area contributed by atoms with E-state index in [1.165, 1.54) is 9.80 Å². The quantitative estimate of drug-likeness (QED) is 0.560. The fraction of sp³-hybridized carbons (Fsp3) is 0.346. The zero-order valence-corrected chi connectivity index (χ0v) is 19.2. The van der Waals surface area contributed by atoms with E-state index in [-0.39, 0.29) is 35.3 Å². The Morgan fingerprint density at radius 2 is 1.85 bits per heavy atom. The summed E-state index contributed by atoms with van der Waals surface area (Å²) in [5, 5.41) is 0.366. The highest BCUT2D eigenvalue weighted by molar-refractivity contribution is 6.16. The topological polar surface area (TPSA) is 80.1 Å². The summed E-state index contributed by atoms with van der Waals surface area (Å²) in [4.78, 5) is 44.5. The Kier molecular flexibility index (Phi) is 4.90. The summed E-state index contributed by atoms with van der Waals surface area (Å²) in [6.07, 6.45) is 0.577. The van der Waals surface area contributed by atoms with E-state index < -0.39 is 11.4 Å². The Labute approximate surface area is 191 Å². The molecule has 0 unspecified atom stereocenters. The van der Waals surface area contributed by atoms with Crippen molar-refractivity contribution in [3.63, 3.8) is 0 Å². The highest BCUT2D eigenvalue weighted by atomic mass is 16.5. The maximum Gasteiger partial charge on any atom is 0.291 e. The van der Waals surface area contributed by atoms with Crippen LogP contribution in [0.2, 0.25) is 0 Å². The predicted octanol–water partition coefficient (Wildman–Crippen LogP) is 3.59. The summed E-state index contributed by atoms with van der Waals surface area (Å²) in [6.45, 7) is 6.46. The molecule has 1 aromatic heterocycles. The maximum absolute atomic E-state index is 13.9. The SMILES string of the molecule is Cc1ccc2oc3c(c(=O)c2c1)[C@@]1(C(=O)N(C)c2ccccc21)N(CCCOC(C)C)C3=O. The van der Waals surface area contributed by atoms with Crippen LogP contribution in [-0.4, -0.2) is 43.0 Å². The number of nitrogens with zero attached hydrogens (tertiary/aromatic N) is 2. The number of fused-ring (bicyclic) bond motifs is 5. The van der Waals surface area contributed by atoms with Gasteiger partial charge in [0.25, 0.3) is 11.8 Å². The summed E-state index contributed by atoms with van der Waals surface area (Å²) >= 11 is 0. The first-order valence-corrected chi connectivity index (χ1v) is 11.2. The van der Waals surface area contributed by atoms with Gasteiger partial charge in [0.05, 0.1) is 17.1 Å². The highest BCUT2D eigenvalue weighted by Crippen LogP contribution is 2.52. The van der Waals surface area contributed by atoms with E-state index in [1.807, 2.05) is 51.1 Å². The number of carbonyl (C=O) groups is 2. The van der Waals surface area contributed by atoms with Crippen molar-refractivity contribution in [2.75, 3.05) is 25.1 Å². The Hall–Kier alpha value is -3.45.